The zero-order valence-corrected chi connectivity index (χ0v) is 10.3. The first-order valence-electron chi connectivity index (χ1n) is 5.17. The number of carbonyl (C=O) groups excluding carboxylic acids is 1. The topological polar surface area (TPSA) is 37.3 Å². The molecule has 0 radical (unpaired) electrons. The molecule has 0 aliphatic rings. The summed E-state index contributed by atoms with van der Waals surface area (Å²) in [4.78, 5) is 11.7. The van der Waals surface area contributed by atoms with Crippen molar-refractivity contribution in [2.75, 3.05) is 0 Å². The van der Waals surface area contributed by atoms with Gasteiger partial charge in [0.15, 0.2) is 5.78 Å². The van der Waals surface area contributed by atoms with Crippen molar-refractivity contribution in [3.05, 3.63) is 0 Å². The molecule has 0 saturated heterocycles. The van der Waals surface area contributed by atoms with Gasteiger partial charge in [0.25, 0.3) is 0 Å². The van der Waals surface area contributed by atoms with Crippen LogP contribution >= 0.6 is 11.6 Å². The minimum atomic E-state index is -0.762. The van der Waals surface area contributed by atoms with Crippen LogP contribution in [0.5, 0.6) is 0 Å². The minimum absolute atomic E-state index is 0.0808. The van der Waals surface area contributed by atoms with Crippen LogP contribution in [0.25, 0.3) is 0 Å². The Morgan fingerprint density at radius 3 is 2.29 bits per heavy atom. The highest BCUT2D eigenvalue weighted by Crippen LogP contribution is 2.23. The van der Waals surface area contributed by atoms with Crippen LogP contribution in [-0.2, 0) is 4.79 Å². The van der Waals surface area contributed by atoms with Crippen molar-refractivity contribution in [3.63, 3.8) is 0 Å². The number of hydrogen-bond donors (Lipinski definition) is 1. The summed E-state index contributed by atoms with van der Waals surface area (Å²) < 4.78 is 0. The van der Waals surface area contributed by atoms with Crippen molar-refractivity contribution in [3.8, 4) is 0 Å². The van der Waals surface area contributed by atoms with Gasteiger partial charge in [0, 0.05) is 5.41 Å². The second-order valence-corrected chi connectivity index (χ2v) is 5.20. The number of alkyl halides is 1. The van der Waals surface area contributed by atoms with Gasteiger partial charge >= 0.3 is 0 Å². The lowest BCUT2D eigenvalue weighted by Crippen LogP contribution is -2.37. The highest BCUT2D eigenvalue weighted by atomic mass is 35.5. The number of halogens is 1. The van der Waals surface area contributed by atoms with E-state index in [1.807, 2.05) is 27.7 Å². The Labute approximate surface area is 91.6 Å². The predicted octanol–water partition coefficient (Wildman–Crippen LogP) is 2.76. The molecule has 0 saturated carbocycles. The highest BCUT2D eigenvalue weighted by molar-refractivity contribution is 6.32. The van der Waals surface area contributed by atoms with Gasteiger partial charge in [0.2, 0.25) is 0 Å². The number of aliphatic hydroxyl groups is 1. The predicted molar refractivity (Wildman–Crippen MR) is 59.6 cm³/mol. The van der Waals surface area contributed by atoms with E-state index in [2.05, 4.69) is 0 Å². The Hall–Kier alpha value is -0.0800. The minimum Gasteiger partial charge on any atom is -0.391 e. The first-order valence-corrected chi connectivity index (χ1v) is 5.60. The maximum absolute atomic E-state index is 11.7. The smallest absolute Gasteiger partial charge is 0.158 e. The average Bonchev–Trinajstić information content (AvgIpc) is 2.10. The summed E-state index contributed by atoms with van der Waals surface area (Å²) >= 11 is 5.90. The zero-order chi connectivity index (χ0) is 11.4. The Balaban J connectivity index is 4.18. The second-order valence-electron chi connectivity index (χ2n) is 4.73. The summed E-state index contributed by atoms with van der Waals surface area (Å²) in [6, 6.07) is 0. The summed E-state index contributed by atoms with van der Waals surface area (Å²) in [5, 5.41) is 8.87. The molecule has 2 unspecified atom stereocenters. The summed E-state index contributed by atoms with van der Waals surface area (Å²) in [7, 11) is 0. The number of ketones is 1. The van der Waals surface area contributed by atoms with E-state index in [-0.39, 0.29) is 5.78 Å². The van der Waals surface area contributed by atoms with Crippen LogP contribution in [0.1, 0.15) is 47.0 Å². The van der Waals surface area contributed by atoms with Gasteiger partial charge in [0.05, 0.1) is 6.10 Å². The first-order chi connectivity index (χ1) is 6.30. The van der Waals surface area contributed by atoms with Crippen LogP contribution in [0.2, 0.25) is 0 Å². The van der Waals surface area contributed by atoms with Crippen molar-refractivity contribution in [1.82, 2.24) is 0 Å². The van der Waals surface area contributed by atoms with Crippen LogP contribution in [-0.4, -0.2) is 22.4 Å². The number of aliphatic hydroxyl groups excluding tert-OH is 1. The van der Waals surface area contributed by atoms with E-state index in [1.165, 1.54) is 0 Å². The maximum atomic E-state index is 11.7. The molecule has 14 heavy (non-hydrogen) atoms. The Morgan fingerprint density at radius 1 is 1.43 bits per heavy atom. The van der Waals surface area contributed by atoms with E-state index >= 15 is 0 Å². The molecule has 0 heterocycles. The lowest BCUT2D eigenvalue weighted by Gasteiger charge is -2.23. The molecule has 0 rings (SSSR count). The lowest BCUT2D eigenvalue weighted by molar-refractivity contribution is -0.127. The summed E-state index contributed by atoms with van der Waals surface area (Å²) in [5.41, 5.74) is -0.473. The molecule has 2 atom stereocenters. The molecule has 0 aliphatic carbocycles. The second kappa shape index (κ2) is 5.72. The van der Waals surface area contributed by atoms with Crippen molar-refractivity contribution in [1.29, 1.82) is 0 Å². The molecule has 0 fully saturated rings. The van der Waals surface area contributed by atoms with Crippen molar-refractivity contribution >= 4 is 17.4 Å². The third kappa shape index (κ3) is 4.43. The number of unbranched alkanes of at least 4 members (excludes halogenated alkanes) is 1. The molecule has 2 nitrogen and oxygen atoms in total. The van der Waals surface area contributed by atoms with Gasteiger partial charge in [0.1, 0.15) is 5.38 Å². The van der Waals surface area contributed by atoms with Gasteiger partial charge in [-0.05, 0) is 6.42 Å². The fraction of sp³-hybridized carbons (Fsp3) is 0.909. The molecule has 0 aromatic heterocycles. The SMILES string of the molecule is CCCCC(O)C(Cl)C(=O)C(C)(C)C. The van der Waals surface area contributed by atoms with Gasteiger partial charge in [-0.15, -0.1) is 11.6 Å². The molecule has 0 aliphatic heterocycles. The Morgan fingerprint density at radius 2 is 1.93 bits per heavy atom. The third-order valence-corrected chi connectivity index (χ3v) is 2.67. The molecule has 0 aromatic carbocycles. The van der Waals surface area contributed by atoms with Crippen LogP contribution < -0.4 is 0 Å². The average molecular weight is 221 g/mol. The highest BCUT2D eigenvalue weighted by Gasteiger charge is 2.32. The Bertz CT molecular complexity index is 184. The standard InChI is InChI=1S/C11H21ClO2/c1-5-6-7-8(13)9(12)10(14)11(2,3)4/h8-9,13H,5-7H2,1-4H3. The van der Waals surface area contributed by atoms with Gasteiger partial charge in [-0.2, -0.15) is 0 Å². The van der Waals surface area contributed by atoms with Crippen molar-refractivity contribution in [2.45, 2.75) is 58.4 Å². The zero-order valence-electron chi connectivity index (χ0n) is 9.51. The van der Waals surface area contributed by atoms with E-state index in [1.54, 1.807) is 0 Å². The van der Waals surface area contributed by atoms with Crippen LogP contribution in [0.15, 0.2) is 0 Å². The van der Waals surface area contributed by atoms with Gasteiger partial charge in [-0.25, -0.2) is 0 Å². The number of rotatable bonds is 5. The number of Topliss-reactive ketones (excluding diaryl/α,β-unsaturated/α-hetero) is 1. The van der Waals surface area contributed by atoms with Gasteiger partial charge in [-0.3, -0.25) is 4.79 Å². The normalized spacial score (nSPS) is 16.4. The fourth-order valence-corrected chi connectivity index (χ4v) is 1.60. The number of hydrogen-bond acceptors (Lipinski definition) is 2. The molecule has 1 N–H and O–H groups in total. The van der Waals surface area contributed by atoms with Gasteiger partial charge < -0.3 is 5.11 Å². The largest absolute Gasteiger partial charge is 0.391 e. The molecule has 3 heteroatoms. The van der Waals surface area contributed by atoms with E-state index in [0.717, 1.165) is 12.8 Å². The summed E-state index contributed by atoms with van der Waals surface area (Å²) in [6.07, 6.45) is 1.81. The molecule has 0 aromatic rings. The van der Waals surface area contributed by atoms with E-state index in [9.17, 15) is 9.90 Å². The number of carbonyl (C=O) groups is 1. The fourth-order valence-electron chi connectivity index (χ4n) is 1.15. The monoisotopic (exact) mass is 220 g/mol. The van der Waals surface area contributed by atoms with Gasteiger partial charge in [-0.1, -0.05) is 40.5 Å². The quantitative estimate of drug-likeness (QED) is 0.724. The molecule has 0 amide bonds. The van der Waals surface area contributed by atoms with Crippen LogP contribution in [0.4, 0.5) is 0 Å². The third-order valence-electron chi connectivity index (χ3n) is 2.18. The molecular weight excluding hydrogens is 200 g/mol. The molecular formula is C11H21ClO2. The van der Waals surface area contributed by atoms with Crippen molar-refractivity contribution in [2.24, 2.45) is 5.41 Å². The summed E-state index contributed by atoms with van der Waals surface area (Å²) in [5.74, 6) is -0.0808. The molecule has 84 valence electrons. The van der Waals surface area contributed by atoms with Crippen molar-refractivity contribution < 1.29 is 9.90 Å². The maximum Gasteiger partial charge on any atom is 0.158 e. The van der Waals surface area contributed by atoms with Crippen LogP contribution in [0, 0.1) is 5.41 Å². The van der Waals surface area contributed by atoms with E-state index in [4.69, 9.17) is 11.6 Å². The molecule has 0 bridgehead atoms. The Kier molecular flexibility index (Phi) is 5.68. The first kappa shape index (κ1) is 13.9. The lowest BCUT2D eigenvalue weighted by atomic mass is 9.86. The van der Waals surface area contributed by atoms with Crippen LogP contribution in [0.3, 0.4) is 0 Å². The summed E-state index contributed by atoms with van der Waals surface area (Å²) in [6.45, 7) is 7.49. The molecule has 0 spiro atoms. The van der Waals surface area contributed by atoms with E-state index < -0.39 is 16.9 Å². The van der Waals surface area contributed by atoms with E-state index in [0.29, 0.717) is 6.42 Å².